The van der Waals surface area contributed by atoms with Crippen molar-refractivity contribution in [1.82, 2.24) is 14.9 Å². The molecular weight excluding hydrogens is 386 g/mol. The van der Waals surface area contributed by atoms with Gasteiger partial charge in [0.2, 0.25) is 5.75 Å². The second kappa shape index (κ2) is 8.02. The number of ether oxygens (including phenoxy) is 2. The molecule has 8 heteroatoms. The van der Waals surface area contributed by atoms with E-state index in [0.29, 0.717) is 18.3 Å². The minimum Gasteiger partial charge on any atom is -0.461 e. The summed E-state index contributed by atoms with van der Waals surface area (Å²) in [4.78, 5) is 43.3. The molecule has 0 unspecified atom stereocenters. The van der Waals surface area contributed by atoms with Crippen LogP contribution in [0.4, 0.5) is 0 Å². The van der Waals surface area contributed by atoms with E-state index in [2.05, 4.69) is 10.3 Å². The van der Waals surface area contributed by atoms with Gasteiger partial charge in [0.1, 0.15) is 5.82 Å². The van der Waals surface area contributed by atoms with Gasteiger partial charge in [-0.15, -0.1) is 0 Å². The van der Waals surface area contributed by atoms with E-state index in [9.17, 15) is 14.4 Å². The van der Waals surface area contributed by atoms with Crippen molar-refractivity contribution in [2.24, 2.45) is 5.92 Å². The van der Waals surface area contributed by atoms with E-state index in [1.807, 2.05) is 7.05 Å². The highest BCUT2D eigenvalue weighted by Gasteiger charge is 2.44. The van der Waals surface area contributed by atoms with Gasteiger partial charge in [0.05, 0.1) is 17.7 Å². The van der Waals surface area contributed by atoms with Crippen LogP contribution in [0.1, 0.15) is 59.3 Å². The van der Waals surface area contributed by atoms with E-state index in [-0.39, 0.29) is 23.6 Å². The fourth-order valence-electron chi connectivity index (χ4n) is 4.42. The molecule has 1 N–H and O–H groups in total. The molecule has 1 aromatic carbocycles. The maximum absolute atomic E-state index is 13.4. The Morgan fingerprint density at radius 2 is 1.90 bits per heavy atom. The molecule has 8 nitrogen and oxygen atoms in total. The second-order valence-corrected chi connectivity index (χ2v) is 7.78. The fraction of sp³-hybridized carbons (Fsp3) is 0.455. The standard InChI is InChI=1S/C22H25N3O5/c1-3-29-20(28)16-17(30-19(27)15-7-5-4-6-8-15)18(26)25-13-14-9-11-22(23-2,12-10-14)21(25)24-16/h4-8,14,23H,3,9-13H2,1-2H3. The average Bonchev–Trinajstić information content (AvgIpc) is 3.03. The molecule has 1 aliphatic carbocycles. The topological polar surface area (TPSA) is 99.5 Å². The predicted molar refractivity (Wildman–Crippen MR) is 109 cm³/mol. The first-order valence-corrected chi connectivity index (χ1v) is 10.3. The van der Waals surface area contributed by atoms with Gasteiger partial charge >= 0.3 is 11.9 Å². The molecule has 0 spiro atoms. The Labute approximate surface area is 174 Å². The molecule has 0 saturated heterocycles. The van der Waals surface area contributed by atoms with Crippen molar-refractivity contribution in [3.8, 4) is 5.75 Å². The van der Waals surface area contributed by atoms with E-state index in [1.165, 1.54) is 0 Å². The Bertz CT molecular complexity index is 1020. The van der Waals surface area contributed by atoms with Crippen LogP contribution in [0.25, 0.3) is 0 Å². The molecule has 0 atom stereocenters. The monoisotopic (exact) mass is 411 g/mol. The third kappa shape index (κ3) is 3.41. The van der Waals surface area contributed by atoms with E-state index in [4.69, 9.17) is 9.47 Å². The quantitative estimate of drug-likeness (QED) is 0.754. The molecule has 2 aromatic rings. The van der Waals surface area contributed by atoms with Gasteiger partial charge in [0.25, 0.3) is 5.56 Å². The van der Waals surface area contributed by atoms with Gasteiger partial charge in [-0.05, 0) is 57.7 Å². The Kier molecular flexibility index (Phi) is 5.42. The lowest BCUT2D eigenvalue weighted by atomic mass is 9.77. The van der Waals surface area contributed by atoms with Crippen LogP contribution >= 0.6 is 0 Å². The molecule has 5 rings (SSSR count). The number of aromatic nitrogens is 2. The van der Waals surface area contributed by atoms with Crippen LogP contribution in [-0.4, -0.2) is 35.1 Å². The SMILES string of the molecule is CCOC(=O)c1nc2n(c(=O)c1OC(=O)c1ccccc1)CC1CCC2(NC)CC1. The lowest BCUT2D eigenvalue weighted by Crippen LogP contribution is -2.45. The highest BCUT2D eigenvalue weighted by atomic mass is 16.6. The van der Waals surface area contributed by atoms with Crippen LogP contribution in [0, 0.1) is 5.92 Å². The zero-order valence-corrected chi connectivity index (χ0v) is 17.1. The van der Waals surface area contributed by atoms with Crippen molar-refractivity contribution in [2.45, 2.75) is 44.7 Å². The third-order valence-corrected chi connectivity index (χ3v) is 6.11. The minimum atomic E-state index is -0.779. The highest BCUT2D eigenvalue weighted by molar-refractivity contribution is 5.94. The maximum Gasteiger partial charge on any atom is 0.361 e. The molecular formula is C22H25N3O5. The Balaban J connectivity index is 1.87. The summed E-state index contributed by atoms with van der Waals surface area (Å²) in [5.74, 6) is -1.02. The number of fused-ring (bicyclic) bond motifs is 2. The number of nitrogens with one attached hydrogen (secondary N) is 1. The molecule has 2 aliphatic heterocycles. The van der Waals surface area contributed by atoms with E-state index < -0.39 is 23.0 Å². The molecule has 158 valence electrons. The summed E-state index contributed by atoms with van der Waals surface area (Å²) in [6.07, 6.45) is 3.56. The molecule has 3 heterocycles. The number of hydrogen-bond donors (Lipinski definition) is 1. The zero-order valence-electron chi connectivity index (χ0n) is 17.1. The summed E-state index contributed by atoms with van der Waals surface area (Å²) in [7, 11) is 1.84. The number of carbonyl (C=O) groups is 2. The van der Waals surface area contributed by atoms with Crippen LogP contribution in [0.3, 0.4) is 0 Å². The molecule has 1 aromatic heterocycles. The first-order chi connectivity index (χ1) is 14.5. The largest absolute Gasteiger partial charge is 0.461 e. The Hall–Kier alpha value is -3.00. The molecule has 30 heavy (non-hydrogen) atoms. The predicted octanol–water partition coefficient (Wildman–Crippen LogP) is 2.26. The summed E-state index contributed by atoms with van der Waals surface area (Å²) in [6.45, 7) is 2.27. The molecule has 2 bridgehead atoms. The van der Waals surface area contributed by atoms with Gasteiger partial charge < -0.3 is 14.8 Å². The fourth-order valence-corrected chi connectivity index (χ4v) is 4.42. The van der Waals surface area contributed by atoms with Gasteiger partial charge in [-0.25, -0.2) is 14.6 Å². The first kappa shape index (κ1) is 20.3. The summed E-state index contributed by atoms with van der Waals surface area (Å²) in [5.41, 5.74) is -0.994. The van der Waals surface area contributed by atoms with E-state index in [1.54, 1.807) is 41.8 Å². The number of rotatable bonds is 5. The molecule has 1 fully saturated rings. The number of benzene rings is 1. The van der Waals surface area contributed by atoms with Crippen molar-refractivity contribution in [3.63, 3.8) is 0 Å². The van der Waals surface area contributed by atoms with Gasteiger partial charge in [-0.3, -0.25) is 9.36 Å². The molecule has 0 amide bonds. The van der Waals surface area contributed by atoms with Gasteiger partial charge in [0.15, 0.2) is 5.69 Å². The number of nitrogens with zero attached hydrogens (tertiary/aromatic N) is 2. The Morgan fingerprint density at radius 3 is 2.53 bits per heavy atom. The van der Waals surface area contributed by atoms with Crippen LogP contribution in [-0.2, 0) is 16.8 Å². The second-order valence-electron chi connectivity index (χ2n) is 7.78. The lowest BCUT2D eigenvalue weighted by molar-refractivity contribution is 0.0510. The van der Waals surface area contributed by atoms with Crippen molar-refractivity contribution >= 4 is 11.9 Å². The van der Waals surface area contributed by atoms with E-state index >= 15 is 0 Å². The highest BCUT2D eigenvalue weighted by Crippen LogP contribution is 2.42. The normalized spacial score (nSPS) is 22.1. The van der Waals surface area contributed by atoms with Crippen LogP contribution in [0.2, 0.25) is 0 Å². The van der Waals surface area contributed by atoms with Crippen molar-refractivity contribution in [3.05, 3.63) is 57.8 Å². The van der Waals surface area contributed by atoms with Gasteiger partial charge in [-0.1, -0.05) is 18.2 Å². The van der Waals surface area contributed by atoms with Crippen molar-refractivity contribution in [1.29, 1.82) is 0 Å². The van der Waals surface area contributed by atoms with Crippen molar-refractivity contribution in [2.75, 3.05) is 13.7 Å². The average molecular weight is 411 g/mol. The van der Waals surface area contributed by atoms with Gasteiger partial charge in [0, 0.05) is 6.54 Å². The van der Waals surface area contributed by atoms with Crippen molar-refractivity contribution < 1.29 is 19.1 Å². The van der Waals surface area contributed by atoms with E-state index in [0.717, 1.165) is 25.7 Å². The number of esters is 2. The summed E-state index contributed by atoms with van der Waals surface area (Å²) in [6, 6.07) is 8.32. The first-order valence-electron chi connectivity index (χ1n) is 10.3. The summed E-state index contributed by atoms with van der Waals surface area (Å²) >= 11 is 0. The molecule has 3 aliphatic rings. The molecule has 0 radical (unpaired) electrons. The summed E-state index contributed by atoms with van der Waals surface area (Å²) < 4.78 is 12.1. The van der Waals surface area contributed by atoms with Gasteiger partial charge in [-0.2, -0.15) is 0 Å². The summed E-state index contributed by atoms with van der Waals surface area (Å²) in [5, 5.41) is 3.33. The maximum atomic E-state index is 13.4. The lowest BCUT2D eigenvalue weighted by Gasteiger charge is -2.36. The number of carbonyl (C=O) groups excluding carboxylic acids is 2. The van der Waals surface area contributed by atoms with Crippen LogP contribution in [0.15, 0.2) is 35.1 Å². The Morgan fingerprint density at radius 1 is 1.20 bits per heavy atom. The smallest absolute Gasteiger partial charge is 0.361 e. The zero-order chi connectivity index (χ0) is 21.3. The van der Waals surface area contributed by atoms with Crippen LogP contribution < -0.4 is 15.6 Å². The third-order valence-electron chi connectivity index (χ3n) is 6.11. The minimum absolute atomic E-state index is 0.115. The molecule has 1 saturated carbocycles. The van der Waals surface area contributed by atoms with Crippen LogP contribution in [0.5, 0.6) is 5.75 Å². The number of hydrogen-bond acceptors (Lipinski definition) is 7.